The minimum Gasteiger partial charge on any atom is -0.362 e. The number of anilines is 1. The molecule has 0 saturated carbocycles. The number of rotatable bonds is 2. The molecule has 0 N–H and O–H groups in total. The summed E-state index contributed by atoms with van der Waals surface area (Å²) in [4.78, 5) is 13.4. The van der Waals surface area contributed by atoms with Gasteiger partial charge >= 0.3 is 0 Å². The van der Waals surface area contributed by atoms with Crippen LogP contribution in [0.2, 0.25) is 0 Å². The van der Waals surface area contributed by atoms with Crippen LogP contribution in [0.1, 0.15) is 12.5 Å². The molecule has 0 spiro atoms. The van der Waals surface area contributed by atoms with E-state index in [1.165, 1.54) is 5.56 Å². The Balaban J connectivity index is 2.14. The highest BCUT2D eigenvalue weighted by molar-refractivity contribution is 5.91. The average Bonchev–Trinajstić information content (AvgIpc) is 2.71. The van der Waals surface area contributed by atoms with Crippen LogP contribution in [-0.4, -0.2) is 18.9 Å². The topological polar surface area (TPSA) is 44.1 Å². The van der Waals surface area contributed by atoms with Crippen LogP contribution in [-0.2, 0) is 11.2 Å². The lowest BCUT2D eigenvalue weighted by Crippen LogP contribution is -2.19. The SMILES string of the molecule is CCc1ccc(N2CC(=O)[C@H](C#N)C2)cc1. The molecule has 1 aliphatic heterocycles. The Hall–Kier alpha value is -1.82. The van der Waals surface area contributed by atoms with Crippen LogP contribution in [0.15, 0.2) is 24.3 Å². The van der Waals surface area contributed by atoms with Crippen molar-refractivity contribution >= 4 is 11.5 Å². The summed E-state index contributed by atoms with van der Waals surface area (Å²) in [6, 6.07) is 10.2. The minimum absolute atomic E-state index is 0.0297. The van der Waals surface area contributed by atoms with Crippen molar-refractivity contribution in [1.82, 2.24) is 0 Å². The van der Waals surface area contributed by atoms with Gasteiger partial charge in [0, 0.05) is 12.2 Å². The Labute approximate surface area is 95.3 Å². The fourth-order valence-electron chi connectivity index (χ4n) is 1.94. The summed E-state index contributed by atoms with van der Waals surface area (Å²) in [5.74, 6) is -0.423. The summed E-state index contributed by atoms with van der Waals surface area (Å²) in [5.41, 5.74) is 2.31. The number of benzene rings is 1. The molecule has 0 aliphatic carbocycles. The van der Waals surface area contributed by atoms with E-state index in [-0.39, 0.29) is 5.78 Å². The molecule has 82 valence electrons. The van der Waals surface area contributed by atoms with Crippen molar-refractivity contribution in [3.8, 4) is 6.07 Å². The molecule has 0 unspecified atom stereocenters. The van der Waals surface area contributed by atoms with E-state index in [1.807, 2.05) is 23.1 Å². The molecule has 16 heavy (non-hydrogen) atoms. The highest BCUT2D eigenvalue weighted by atomic mass is 16.1. The van der Waals surface area contributed by atoms with Crippen LogP contribution < -0.4 is 4.90 Å². The van der Waals surface area contributed by atoms with Gasteiger partial charge < -0.3 is 4.90 Å². The van der Waals surface area contributed by atoms with Gasteiger partial charge in [0.2, 0.25) is 0 Å². The molecular formula is C13H14N2O. The fraction of sp³-hybridized carbons (Fsp3) is 0.385. The van der Waals surface area contributed by atoms with Crippen LogP contribution >= 0.6 is 0 Å². The molecule has 1 aliphatic rings. The molecule has 0 amide bonds. The summed E-state index contributed by atoms with van der Waals surface area (Å²) in [5, 5.41) is 8.79. The third-order valence-electron chi connectivity index (χ3n) is 3.00. The third kappa shape index (κ3) is 1.92. The Morgan fingerprint density at radius 1 is 1.44 bits per heavy atom. The first-order chi connectivity index (χ1) is 7.74. The quantitative estimate of drug-likeness (QED) is 0.753. The fourth-order valence-corrected chi connectivity index (χ4v) is 1.94. The minimum atomic E-state index is -0.453. The first-order valence-electron chi connectivity index (χ1n) is 5.50. The zero-order valence-electron chi connectivity index (χ0n) is 9.31. The number of carbonyl (C=O) groups is 1. The lowest BCUT2D eigenvalue weighted by atomic mass is 10.1. The number of aryl methyl sites for hydroxylation is 1. The molecule has 1 fully saturated rings. The maximum Gasteiger partial charge on any atom is 0.170 e. The summed E-state index contributed by atoms with van der Waals surface area (Å²) >= 11 is 0. The van der Waals surface area contributed by atoms with Gasteiger partial charge in [0.1, 0.15) is 5.92 Å². The zero-order chi connectivity index (χ0) is 11.5. The number of carbonyl (C=O) groups excluding carboxylic acids is 1. The number of ketones is 1. The number of hydrogen-bond donors (Lipinski definition) is 0. The predicted molar refractivity (Wildman–Crippen MR) is 62.1 cm³/mol. The number of Topliss-reactive ketones (excluding diaryl/α,β-unsaturated/α-hetero) is 1. The van der Waals surface area contributed by atoms with Gasteiger partial charge in [-0.1, -0.05) is 19.1 Å². The number of nitrogens with zero attached hydrogens (tertiary/aromatic N) is 2. The number of hydrogen-bond acceptors (Lipinski definition) is 3. The smallest absolute Gasteiger partial charge is 0.170 e. The first-order valence-corrected chi connectivity index (χ1v) is 5.50. The highest BCUT2D eigenvalue weighted by Gasteiger charge is 2.30. The largest absolute Gasteiger partial charge is 0.362 e. The van der Waals surface area contributed by atoms with Crippen molar-refractivity contribution in [2.45, 2.75) is 13.3 Å². The van der Waals surface area contributed by atoms with Crippen LogP contribution in [0.5, 0.6) is 0 Å². The molecule has 1 aromatic rings. The van der Waals surface area contributed by atoms with E-state index >= 15 is 0 Å². The van der Waals surface area contributed by atoms with Gasteiger partial charge in [-0.15, -0.1) is 0 Å². The monoisotopic (exact) mass is 214 g/mol. The van der Waals surface area contributed by atoms with Crippen LogP contribution in [0.4, 0.5) is 5.69 Å². The molecule has 1 atom stereocenters. The van der Waals surface area contributed by atoms with Gasteiger partial charge in [-0.05, 0) is 24.1 Å². The van der Waals surface area contributed by atoms with Crippen molar-refractivity contribution in [3.63, 3.8) is 0 Å². The second-order valence-electron chi connectivity index (χ2n) is 4.05. The Bertz CT molecular complexity index is 430. The molecule has 0 radical (unpaired) electrons. The zero-order valence-corrected chi connectivity index (χ0v) is 9.31. The van der Waals surface area contributed by atoms with E-state index in [4.69, 9.17) is 5.26 Å². The van der Waals surface area contributed by atoms with Gasteiger partial charge in [0.15, 0.2) is 5.78 Å². The highest BCUT2D eigenvalue weighted by Crippen LogP contribution is 2.21. The van der Waals surface area contributed by atoms with Gasteiger partial charge in [-0.3, -0.25) is 4.79 Å². The third-order valence-corrected chi connectivity index (χ3v) is 3.00. The number of nitriles is 1. The Morgan fingerprint density at radius 3 is 2.62 bits per heavy atom. The predicted octanol–water partition coefficient (Wildman–Crippen LogP) is 1.78. The standard InChI is InChI=1S/C13H14N2O/c1-2-10-3-5-12(6-4-10)15-8-11(7-14)13(16)9-15/h3-6,11H,2,8-9H2,1H3/t11-/m1/s1. The van der Waals surface area contributed by atoms with Gasteiger partial charge in [-0.2, -0.15) is 5.26 Å². The van der Waals surface area contributed by atoms with E-state index < -0.39 is 5.92 Å². The maximum absolute atomic E-state index is 11.4. The van der Waals surface area contributed by atoms with Gasteiger partial charge in [0.05, 0.1) is 12.6 Å². The first kappa shape index (κ1) is 10.7. The van der Waals surface area contributed by atoms with Crippen LogP contribution in [0, 0.1) is 17.2 Å². The molecule has 1 heterocycles. The molecule has 3 nitrogen and oxygen atoms in total. The van der Waals surface area contributed by atoms with Gasteiger partial charge in [0.25, 0.3) is 0 Å². The van der Waals surface area contributed by atoms with Crippen LogP contribution in [0.3, 0.4) is 0 Å². The van der Waals surface area contributed by atoms with E-state index in [9.17, 15) is 4.79 Å². The Morgan fingerprint density at radius 2 is 2.12 bits per heavy atom. The molecule has 1 aromatic carbocycles. The molecule has 0 aromatic heterocycles. The normalized spacial score (nSPS) is 19.9. The molecule has 1 saturated heterocycles. The second kappa shape index (κ2) is 4.36. The van der Waals surface area contributed by atoms with E-state index in [2.05, 4.69) is 19.1 Å². The summed E-state index contributed by atoms with van der Waals surface area (Å²) < 4.78 is 0. The van der Waals surface area contributed by atoms with E-state index in [0.29, 0.717) is 13.1 Å². The Kier molecular flexibility index (Phi) is 2.91. The van der Waals surface area contributed by atoms with E-state index in [0.717, 1.165) is 12.1 Å². The lowest BCUT2D eigenvalue weighted by molar-refractivity contribution is -0.118. The summed E-state index contributed by atoms with van der Waals surface area (Å²) in [6.07, 6.45) is 1.01. The summed E-state index contributed by atoms with van der Waals surface area (Å²) in [6.45, 7) is 3.00. The molecule has 2 rings (SSSR count). The van der Waals surface area contributed by atoms with Gasteiger partial charge in [-0.25, -0.2) is 0 Å². The van der Waals surface area contributed by atoms with Crippen molar-refractivity contribution in [2.24, 2.45) is 5.92 Å². The van der Waals surface area contributed by atoms with Crippen molar-refractivity contribution in [1.29, 1.82) is 5.26 Å². The maximum atomic E-state index is 11.4. The van der Waals surface area contributed by atoms with Crippen molar-refractivity contribution in [3.05, 3.63) is 29.8 Å². The van der Waals surface area contributed by atoms with Crippen molar-refractivity contribution in [2.75, 3.05) is 18.0 Å². The molecule has 3 heteroatoms. The average molecular weight is 214 g/mol. The van der Waals surface area contributed by atoms with Crippen LogP contribution in [0.25, 0.3) is 0 Å². The van der Waals surface area contributed by atoms with Crippen molar-refractivity contribution < 1.29 is 4.79 Å². The summed E-state index contributed by atoms with van der Waals surface area (Å²) in [7, 11) is 0. The lowest BCUT2D eigenvalue weighted by Gasteiger charge is -2.16. The molecule has 0 bridgehead atoms. The second-order valence-corrected chi connectivity index (χ2v) is 4.05. The molecular weight excluding hydrogens is 200 g/mol. The van der Waals surface area contributed by atoms with E-state index in [1.54, 1.807) is 0 Å².